The third-order valence-corrected chi connectivity index (χ3v) is 7.42. The van der Waals surface area contributed by atoms with Gasteiger partial charge in [-0.05, 0) is 61.7 Å². The summed E-state index contributed by atoms with van der Waals surface area (Å²) in [6.07, 6.45) is 9.10. The van der Waals surface area contributed by atoms with Crippen molar-refractivity contribution in [3.63, 3.8) is 0 Å². The molecule has 12 heteroatoms. The van der Waals surface area contributed by atoms with Gasteiger partial charge in [-0.3, -0.25) is 4.79 Å². The summed E-state index contributed by atoms with van der Waals surface area (Å²) >= 11 is 0. The fourth-order valence-electron chi connectivity index (χ4n) is 5.44. The van der Waals surface area contributed by atoms with Gasteiger partial charge < -0.3 is 32.2 Å². The molecule has 194 valence electrons. The summed E-state index contributed by atoms with van der Waals surface area (Å²) in [5.41, 5.74) is 17.6. The van der Waals surface area contributed by atoms with E-state index in [4.69, 9.17) is 61.2 Å². The number of rotatable bonds is 6. The topological polar surface area (TPSA) is 120 Å². The predicted molar refractivity (Wildman–Crippen MR) is 159 cm³/mol. The Kier molecular flexibility index (Phi) is 11.6. The second-order valence-corrected chi connectivity index (χ2v) is 10.4. The first-order valence-corrected chi connectivity index (χ1v) is 12.8. The summed E-state index contributed by atoms with van der Waals surface area (Å²) in [5.74, 6) is 1.67. The van der Waals surface area contributed by atoms with E-state index in [0.717, 1.165) is 51.0 Å². The van der Waals surface area contributed by atoms with Crippen LogP contribution in [-0.4, -0.2) is 86.9 Å². The minimum Gasteiger partial charge on any atom is -0.398 e. The minimum atomic E-state index is -1.82. The van der Waals surface area contributed by atoms with E-state index in [1.807, 2.05) is 0 Å². The van der Waals surface area contributed by atoms with Crippen LogP contribution in [0.5, 0.6) is 0 Å². The van der Waals surface area contributed by atoms with E-state index >= 15 is 0 Å². The highest BCUT2D eigenvalue weighted by Gasteiger charge is 2.43. The summed E-state index contributed by atoms with van der Waals surface area (Å²) in [4.78, 5) is 14.4. The lowest BCUT2D eigenvalue weighted by molar-refractivity contribution is 0.0375. The molecule has 2 unspecified atom stereocenters. The Hall–Kier alpha value is -2.19. The number of likely N-dealkylation sites (tertiary alicyclic amines) is 1. The molecule has 3 fully saturated rings. The standard InChI is InChI=1S/C13H21B2NO.C12H13B3N4O.CH4/c14-13(15,12-4-6-17-7-5-12)16-8-10-2-1-3-11(10)9-16;13-12(14,15)19-11(20)8-4-2-1-3-7(8)9(16)5-6-10(17)18;/h10-12H,1-9H2;1-6H,16-18H2,(H,19,20);1H4/b;9-5-;. The normalized spacial score (nSPS) is 22.4. The highest BCUT2D eigenvalue weighted by molar-refractivity contribution is 6.60. The average molecular weight is 507 g/mol. The number of fused-ring (bicyclic) bond motifs is 1. The first-order valence-electron chi connectivity index (χ1n) is 12.8. The van der Waals surface area contributed by atoms with Gasteiger partial charge in [-0.2, -0.15) is 0 Å². The van der Waals surface area contributed by atoms with Gasteiger partial charge in [0, 0.05) is 43.1 Å². The number of hydrogen-bond acceptors (Lipinski definition) is 6. The van der Waals surface area contributed by atoms with E-state index in [1.165, 1.54) is 31.4 Å². The third kappa shape index (κ3) is 8.67. The Morgan fingerprint density at radius 2 is 1.47 bits per heavy atom. The summed E-state index contributed by atoms with van der Waals surface area (Å²) < 4.78 is 5.40. The molecule has 3 aliphatic rings. The average Bonchev–Trinajstić information content (AvgIpc) is 3.46. The van der Waals surface area contributed by atoms with Gasteiger partial charge in [0.1, 0.15) is 0 Å². The number of carbonyl (C=O) groups excluding carboxylic acids is 1. The van der Waals surface area contributed by atoms with Crippen molar-refractivity contribution < 1.29 is 9.53 Å². The number of carbonyl (C=O) groups is 1. The molecule has 1 saturated carbocycles. The second-order valence-electron chi connectivity index (χ2n) is 10.4. The summed E-state index contributed by atoms with van der Waals surface area (Å²) in [7, 11) is 28.9. The molecular formula is C26H38B5N5O2. The highest BCUT2D eigenvalue weighted by Crippen LogP contribution is 2.41. The first-order chi connectivity index (χ1) is 17.4. The van der Waals surface area contributed by atoms with Crippen LogP contribution in [0.1, 0.15) is 55.5 Å². The molecule has 38 heavy (non-hydrogen) atoms. The van der Waals surface area contributed by atoms with Gasteiger partial charge in [-0.1, -0.05) is 42.6 Å². The molecule has 1 aromatic rings. The van der Waals surface area contributed by atoms with Crippen LogP contribution in [0.2, 0.25) is 0 Å². The summed E-state index contributed by atoms with van der Waals surface area (Å²) in [5, 5.41) is -0.176. The van der Waals surface area contributed by atoms with Crippen LogP contribution in [0.25, 0.3) is 5.70 Å². The maximum Gasteiger partial charge on any atom is 0.250 e. The summed E-state index contributed by atoms with van der Waals surface area (Å²) in [6.45, 7) is 3.88. The highest BCUT2D eigenvalue weighted by atomic mass is 16.5. The van der Waals surface area contributed by atoms with Crippen LogP contribution in [-0.2, 0) is 4.74 Å². The van der Waals surface area contributed by atoms with Gasteiger partial charge in [-0.15, -0.1) is 0 Å². The molecule has 4 rings (SSSR count). The maximum atomic E-state index is 12.0. The van der Waals surface area contributed by atoms with Gasteiger partial charge in [0.15, 0.2) is 0 Å². The molecular weight excluding hydrogens is 468 g/mol. The number of hydrogen-bond donors (Lipinski definition) is 4. The number of amides is 1. The Labute approximate surface area is 235 Å². The zero-order chi connectivity index (χ0) is 27.2. The van der Waals surface area contributed by atoms with E-state index in [9.17, 15) is 4.79 Å². The Balaban J connectivity index is 0.000000262. The molecule has 2 saturated heterocycles. The lowest BCUT2D eigenvalue weighted by Crippen LogP contribution is -2.55. The van der Waals surface area contributed by atoms with Crippen LogP contribution < -0.4 is 22.5 Å². The minimum absolute atomic E-state index is 0. The van der Waals surface area contributed by atoms with Crippen LogP contribution in [0.15, 0.2) is 42.2 Å². The fourth-order valence-corrected chi connectivity index (χ4v) is 5.44. The van der Waals surface area contributed by atoms with Crippen molar-refractivity contribution >= 4 is 50.8 Å². The Bertz CT molecular complexity index is 976. The second kappa shape index (κ2) is 13.7. The fraction of sp³-hybridized carbons (Fsp3) is 0.577. The van der Waals surface area contributed by atoms with E-state index in [-0.39, 0.29) is 18.8 Å². The summed E-state index contributed by atoms with van der Waals surface area (Å²) in [6, 6.07) is 6.62. The number of allylic oxidation sites excluding steroid dienone is 2. The van der Waals surface area contributed by atoms with E-state index in [2.05, 4.69) is 10.2 Å². The SMILES string of the molecule is C.[B]C([B])(C1CCOCC1)N1CC2CCCC2C1.[B]C([B])([B])NC(=O)c1ccccc1/C(N)=C/C=C(N)N. The van der Waals surface area contributed by atoms with Crippen molar-refractivity contribution in [3.05, 3.63) is 53.4 Å². The molecule has 2 atom stereocenters. The van der Waals surface area contributed by atoms with E-state index in [0.29, 0.717) is 17.2 Å². The molecule has 2 aliphatic heterocycles. The van der Waals surface area contributed by atoms with Crippen molar-refractivity contribution in [1.82, 2.24) is 10.2 Å². The Morgan fingerprint density at radius 1 is 0.921 bits per heavy atom. The van der Waals surface area contributed by atoms with Gasteiger partial charge in [-0.25, -0.2) is 0 Å². The first kappa shape index (κ1) is 32.0. The molecule has 7 nitrogen and oxygen atoms in total. The van der Waals surface area contributed by atoms with Crippen molar-refractivity contribution in [3.8, 4) is 0 Å². The number of ether oxygens (including phenoxy) is 1. The van der Waals surface area contributed by atoms with Crippen molar-refractivity contribution in [2.45, 2.75) is 50.1 Å². The van der Waals surface area contributed by atoms with Crippen LogP contribution in [0.4, 0.5) is 0 Å². The van der Waals surface area contributed by atoms with Crippen molar-refractivity contribution in [1.29, 1.82) is 0 Å². The number of nitrogens with one attached hydrogen (secondary N) is 1. The quantitative estimate of drug-likeness (QED) is 0.327. The molecule has 0 aromatic heterocycles. The monoisotopic (exact) mass is 507 g/mol. The molecule has 1 aromatic carbocycles. The van der Waals surface area contributed by atoms with E-state index < -0.39 is 16.5 Å². The molecule has 7 N–H and O–H groups in total. The van der Waals surface area contributed by atoms with Crippen molar-refractivity contribution in [2.75, 3.05) is 26.3 Å². The maximum absolute atomic E-state index is 12.0. The molecule has 0 spiro atoms. The van der Waals surface area contributed by atoms with Crippen LogP contribution in [0.3, 0.4) is 0 Å². The molecule has 1 amide bonds. The lowest BCUT2D eigenvalue weighted by atomic mass is 9.49. The molecule has 10 radical (unpaired) electrons. The van der Waals surface area contributed by atoms with Crippen LogP contribution in [0, 0.1) is 17.8 Å². The number of benzene rings is 1. The third-order valence-electron chi connectivity index (χ3n) is 7.42. The molecule has 1 aliphatic carbocycles. The zero-order valence-electron chi connectivity index (χ0n) is 21.4. The van der Waals surface area contributed by atoms with E-state index in [1.54, 1.807) is 24.3 Å². The lowest BCUT2D eigenvalue weighted by Gasteiger charge is -2.45. The molecule has 2 heterocycles. The zero-order valence-corrected chi connectivity index (χ0v) is 21.4. The smallest absolute Gasteiger partial charge is 0.250 e. The predicted octanol–water partition coefficient (Wildman–Crippen LogP) is 0.363. The van der Waals surface area contributed by atoms with Gasteiger partial charge >= 0.3 is 0 Å². The van der Waals surface area contributed by atoms with Crippen LogP contribution >= 0.6 is 0 Å². The van der Waals surface area contributed by atoms with Crippen molar-refractivity contribution in [2.24, 2.45) is 35.0 Å². The van der Waals surface area contributed by atoms with Gasteiger partial charge in [0.25, 0.3) is 0 Å². The molecule has 0 bridgehead atoms. The number of nitrogens with zero attached hydrogens (tertiary/aromatic N) is 1. The van der Waals surface area contributed by atoms with Gasteiger partial charge in [0.05, 0.1) is 45.1 Å². The van der Waals surface area contributed by atoms with Gasteiger partial charge in [0.2, 0.25) is 5.91 Å². The largest absolute Gasteiger partial charge is 0.398 e. The number of nitrogens with two attached hydrogens (primary N) is 3. The Morgan fingerprint density at radius 3 is 2.00 bits per heavy atom.